The van der Waals surface area contributed by atoms with Crippen molar-refractivity contribution in [2.45, 2.75) is 12.8 Å². The van der Waals surface area contributed by atoms with Gasteiger partial charge in [-0.2, -0.15) is 0 Å². The van der Waals surface area contributed by atoms with Crippen LogP contribution in [0.15, 0.2) is 42.5 Å². The molecular weight excluding hydrogens is 404 g/mol. The Morgan fingerprint density at radius 1 is 1.18 bits per heavy atom. The Balaban J connectivity index is 1.57. The fourth-order valence-corrected chi connectivity index (χ4v) is 3.91. The predicted molar refractivity (Wildman–Crippen MR) is 108 cm³/mol. The van der Waals surface area contributed by atoms with Gasteiger partial charge in [-0.3, -0.25) is 9.10 Å². The third-order valence-corrected chi connectivity index (χ3v) is 5.74. The minimum absolute atomic E-state index is 0.0869. The lowest BCUT2D eigenvalue weighted by Gasteiger charge is -2.22. The molecule has 9 heteroatoms. The van der Waals surface area contributed by atoms with Crippen molar-refractivity contribution in [3.63, 3.8) is 0 Å². The molecule has 1 heterocycles. The Morgan fingerprint density at radius 2 is 1.93 bits per heavy atom. The molecule has 0 saturated carbocycles. The van der Waals surface area contributed by atoms with Gasteiger partial charge >= 0.3 is 0 Å². The number of hydrogen-bond acceptors (Lipinski definition) is 5. The zero-order valence-electron chi connectivity index (χ0n) is 15.4. The molecule has 1 aliphatic rings. The highest BCUT2D eigenvalue weighted by molar-refractivity contribution is 7.92. The zero-order valence-corrected chi connectivity index (χ0v) is 16.9. The van der Waals surface area contributed by atoms with Crippen molar-refractivity contribution in [3.05, 3.63) is 53.1 Å². The molecule has 0 atom stereocenters. The highest BCUT2D eigenvalue weighted by Crippen LogP contribution is 2.36. The molecule has 0 saturated heterocycles. The second-order valence-corrected chi connectivity index (χ2v) is 8.67. The van der Waals surface area contributed by atoms with Crippen LogP contribution in [0.4, 0.5) is 5.69 Å². The van der Waals surface area contributed by atoms with Crippen molar-refractivity contribution >= 4 is 33.2 Å². The van der Waals surface area contributed by atoms with Gasteiger partial charge in [-0.25, -0.2) is 8.42 Å². The van der Waals surface area contributed by atoms with Crippen molar-refractivity contribution in [3.8, 4) is 11.5 Å². The first-order valence-electron chi connectivity index (χ1n) is 8.72. The number of aryl methyl sites for hydroxylation is 1. The second-order valence-electron chi connectivity index (χ2n) is 6.35. The Morgan fingerprint density at radius 3 is 2.68 bits per heavy atom. The average molecular weight is 425 g/mol. The van der Waals surface area contributed by atoms with Crippen LogP contribution >= 0.6 is 11.6 Å². The van der Waals surface area contributed by atoms with Gasteiger partial charge < -0.3 is 14.8 Å². The summed E-state index contributed by atoms with van der Waals surface area (Å²) in [5, 5.41) is 3.45. The molecule has 150 valence electrons. The number of nitrogens with one attached hydrogen (secondary N) is 1. The van der Waals surface area contributed by atoms with Crippen molar-refractivity contribution in [1.29, 1.82) is 0 Å². The van der Waals surface area contributed by atoms with Crippen molar-refractivity contribution in [2.75, 3.05) is 30.4 Å². The van der Waals surface area contributed by atoms with Crippen LogP contribution in [0.1, 0.15) is 12.0 Å². The van der Waals surface area contributed by atoms with Crippen LogP contribution in [0.5, 0.6) is 11.5 Å². The van der Waals surface area contributed by atoms with Crippen LogP contribution in [-0.4, -0.2) is 40.5 Å². The molecule has 2 aromatic rings. The van der Waals surface area contributed by atoms with E-state index in [1.807, 2.05) is 24.3 Å². The first-order valence-corrected chi connectivity index (χ1v) is 10.9. The van der Waals surface area contributed by atoms with Gasteiger partial charge in [0.2, 0.25) is 22.7 Å². The molecule has 0 aromatic heterocycles. The van der Waals surface area contributed by atoms with Crippen molar-refractivity contribution in [2.24, 2.45) is 0 Å². The average Bonchev–Trinajstić information content (AvgIpc) is 3.11. The van der Waals surface area contributed by atoms with Crippen LogP contribution in [0.2, 0.25) is 5.02 Å². The highest BCUT2D eigenvalue weighted by atomic mass is 35.5. The Hall–Kier alpha value is -2.45. The Bertz CT molecular complexity index is 965. The van der Waals surface area contributed by atoms with E-state index < -0.39 is 10.0 Å². The number of benzene rings is 2. The van der Waals surface area contributed by atoms with E-state index in [1.165, 1.54) is 0 Å². The maximum atomic E-state index is 12.3. The molecule has 0 fully saturated rings. The topological polar surface area (TPSA) is 84.9 Å². The maximum Gasteiger partial charge on any atom is 0.240 e. The van der Waals surface area contributed by atoms with Crippen LogP contribution < -0.4 is 19.1 Å². The first kappa shape index (κ1) is 20.3. The summed E-state index contributed by atoms with van der Waals surface area (Å²) < 4.78 is 35.9. The molecule has 1 amide bonds. The van der Waals surface area contributed by atoms with Gasteiger partial charge in [0.05, 0.1) is 11.9 Å². The van der Waals surface area contributed by atoms with E-state index in [4.69, 9.17) is 21.1 Å². The number of hydrogen-bond donors (Lipinski definition) is 1. The van der Waals surface area contributed by atoms with Gasteiger partial charge in [0, 0.05) is 17.6 Å². The van der Waals surface area contributed by atoms with Crippen LogP contribution in [0, 0.1) is 0 Å². The molecule has 0 aliphatic carbocycles. The number of ether oxygens (including phenoxy) is 2. The summed E-state index contributed by atoms with van der Waals surface area (Å²) in [6.45, 7) is 0.191. The lowest BCUT2D eigenvalue weighted by atomic mass is 10.1. The van der Waals surface area contributed by atoms with E-state index in [9.17, 15) is 13.2 Å². The molecular formula is C19H21ClN2O5S. The molecule has 0 bridgehead atoms. The van der Waals surface area contributed by atoms with Gasteiger partial charge in [-0.15, -0.1) is 0 Å². The molecule has 0 unspecified atom stereocenters. The number of carbonyl (C=O) groups is 1. The molecule has 0 spiro atoms. The lowest BCUT2D eigenvalue weighted by molar-refractivity contribution is -0.119. The van der Waals surface area contributed by atoms with Crippen molar-refractivity contribution < 1.29 is 22.7 Å². The number of amides is 1. The van der Waals surface area contributed by atoms with Crippen LogP contribution in [-0.2, 0) is 21.2 Å². The van der Waals surface area contributed by atoms with Gasteiger partial charge in [-0.05, 0) is 36.6 Å². The summed E-state index contributed by atoms with van der Waals surface area (Å²) in [6, 6.07) is 12.3. The van der Waals surface area contributed by atoms with E-state index in [1.54, 1.807) is 18.2 Å². The number of nitrogens with zero attached hydrogens (tertiary/aromatic N) is 1. The summed E-state index contributed by atoms with van der Waals surface area (Å²) in [6.07, 6.45) is 2.47. The largest absolute Gasteiger partial charge is 0.454 e. The molecule has 7 nitrogen and oxygen atoms in total. The number of fused-ring (bicyclic) bond motifs is 1. The quantitative estimate of drug-likeness (QED) is 0.658. The summed E-state index contributed by atoms with van der Waals surface area (Å²) in [7, 11) is -3.65. The Kier molecular flexibility index (Phi) is 6.31. The lowest BCUT2D eigenvalue weighted by Crippen LogP contribution is -2.40. The summed E-state index contributed by atoms with van der Waals surface area (Å²) in [5.74, 6) is 0.606. The standard InChI is InChI=1S/C19H21ClN2O5S/c1-28(24,25)22(15-8-9-17-18(11-15)27-13-26-17)12-19(23)21-10-4-6-14-5-2-3-7-16(14)20/h2-3,5,7-9,11H,4,6,10,12-13H2,1H3,(H,21,23). The fourth-order valence-electron chi connectivity index (χ4n) is 2.83. The SMILES string of the molecule is CS(=O)(=O)N(CC(=O)NCCCc1ccccc1Cl)c1ccc2c(c1)OCO2. The van der Waals surface area contributed by atoms with Gasteiger partial charge in [0.1, 0.15) is 6.54 Å². The smallest absolute Gasteiger partial charge is 0.240 e. The minimum atomic E-state index is -3.65. The molecule has 1 N–H and O–H groups in total. The monoisotopic (exact) mass is 424 g/mol. The molecule has 3 rings (SSSR count). The number of rotatable bonds is 8. The maximum absolute atomic E-state index is 12.3. The number of sulfonamides is 1. The summed E-state index contributed by atoms with van der Waals surface area (Å²) in [4.78, 5) is 12.3. The van der Waals surface area contributed by atoms with Gasteiger partial charge in [0.25, 0.3) is 0 Å². The first-order chi connectivity index (χ1) is 13.3. The number of halogens is 1. The van der Waals surface area contributed by atoms with Gasteiger partial charge in [0.15, 0.2) is 11.5 Å². The molecule has 0 radical (unpaired) electrons. The zero-order chi connectivity index (χ0) is 20.1. The third-order valence-electron chi connectivity index (χ3n) is 4.23. The summed E-state index contributed by atoms with van der Waals surface area (Å²) >= 11 is 6.11. The van der Waals surface area contributed by atoms with Crippen LogP contribution in [0.25, 0.3) is 0 Å². The van der Waals surface area contributed by atoms with E-state index in [0.717, 1.165) is 22.5 Å². The molecule has 28 heavy (non-hydrogen) atoms. The third kappa shape index (κ3) is 5.08. The van der Waals surface area contributed by atoms with Crippen LogP contribution in [0.3, 0.4) is 0 Å². The normalized spacial score (nSPS) is 12.6. The number of anilines is 1. The van der Waals surface area contributed by atoms with E-state index in [2.05, 4.69) is 5.32 Å². The van der Waals surface area contributed by atoms with E-state index >= 15 is 0 Å². The molecule has 1 aliphatic heterocycles. The second kappa shape index (κ2) is 8.70. The van der Waals surface area contributed by atoms with Gasteiger partial charge in [-0.1, -0.05) is 29.8 Å². The van der Waals surface area contributed by atoms with Crippen molar-refractivity contribution in [1.82, 2.24) is 5.32 Å². The highest BCUT2D eigenvalue weighted by Gasteiger charge is 2.23. The minimum Gasteiger partial charge on any atom is -0.454 e. The van der Waals surface area contributed by atoms with E-state index in [0.29, 0.717) is 35.2 Å². The molecule has 2 aromatic carbocycles. The van der Waals surface area contributed by atoms with E-state index in [-0.39, 0.29) is 19.2 Å². The fraction of sp³-hybridized carbons (Fsp3) is 0.316. The Labute approximate surface area is 169 Å². The summed E-state index contributed by atoms with van der Waals surface area (Å²) in [5.41, 5.74) is 1.36. The number of carbonyl (C=O) groups excluding carboxylic acids is 1. The predicted octanol–water partition coefficient (Wildman–Crippen LogP) is 2.58.